The van der Waals surface area contributed by atoms with Gasteiger partial charge in [-0.1, -0.05) is 13.8 Å². The fourth-order valence-electron chi connectivity index (χ4n) is 3.11. The number of fused-ring (bicyclic) bond motifs is 3. The van der Waals surface area contributed by atoms with E-state index >= 15 is 0 Å². The summed E-state index contributed by atoms with van der Waals surface area (Å²) in [6.07, 6.45) is 1.17. The molecule has 0 aliphatic carbocycles. The summed E-state index contributed by atoms with van der Waals surface area (Å²) in [4.78, 5) is 4.87. The smallest absolute Gasteiger partial charge is 0.175 e. The number of aliphatic hydroxyl groups is 1. The van der Waals surface area contributed by atoms with E-state index in [0.717, 1.165) is 29.9 Å². The van der Waals surface area contributed by atoms with Crippen LogP contribution in [0.2, 0.25) is 0 Å². The van der Waals surface area contributed by atoms with Gasteiger partial charge in [0.25, 0.3) is 0 Å². The van der Waals surface area contributed by atoms with Gasteiger partial charge in [0.2, 0.25) is 0 Å². The fourth-order valence-corrected chi connectivity index (χ4v) is 4.04. The van der Waals surface area contributed by atoms with Crippen LogP contribution in [0, 0.1) is 5.92 Å². The molecule has 2 aromatic rings. The van der Waals surface area contributed by atoms with Crippen LogP contribution < -0.4 is 5.32 Å². The Morgan fingerprint density at radius 1 is 1.45 bits per heavy atom. The lowest BCUT2D eigenvalue weighted by molar-refractivity contribution is 0.278. The molecule has 0 saturated carbocycles. The fraction of sp³-hybridized carbons (Fsp3) is 0.533. The van der Waals surface area contributed by atoms with Crippen LogP contribution in [0.4, 0.5) is 0 Å². The Labute approximate surface area is 130 Å². The summed E-state index contributed by atoms with van der Waals surface area (Å²) in [5.74, 6) is 1.33. The molecular formula is C15H21N3O3S. The summed E-state index contributed by atoms with van der Waals surface area (Å²) in [5, 5.41) is 12.9. The third-order valence-electron chi connectivity index (χ3n) is 4.17. The summed E-state index contributed by atoms with van der Waals surface area (Å²) < 4.78 is 26.0. The molecule has 0 saturated heterocycles. The van der Waals surface area contributed by atoms with Gasteiger partial charge in [0, 0.05) is 19.3 Å². The van der Waals surface area contributed by atoms with Gasteiger partial charge in [-0.25, -0.2) is 13.4 Å². The number of hydrogen-bond acceptors (Lipinski definition) is 5. The molecule has 0 bridgehead atoms. The van der Waals surface area contributed by atoms with Crippen LogP contribution in [0.1, 0.15) is 31.3 Å². The van der Waals surface area contributed by atoms with Crippen molar-refractivity contribution in [3.05, 3.63) is 23.5 Å². The average molecular weight is 323 g/mol. The van der Waals surface area contributed by atoms with Gasteiger partial charge in [-0.05, 0) is 23.6 Å². The number of sulfone groups is 1. The van der Waals surface area contributed by atoms with E-state index in [1.807, 2.05) is 0 Å². The Kier molecular flexibility index (Phi) is 3.74. The molecule has 2 N–H and O–H groups in total. The van der Waals surface area contributed by atoms with Crippen LogP contribution in [0.25, 0.3) is 11.0 Å². The van der Waals surface area contributed by atoms with Gasteiger partial charge in [0.15, 0.2) is 9.84 Å². The first-order valence-corrected chi connectivity index (χ1v) is 9.29. The maximum atomic E-state index is 12.0. The predicted molar refractivity (Wildman–Crippen MR) is 84.3 cm³/mol. The van der Waals surface area contributed by atoms with Crippen molar-refractivity contribution in [1.82, 2.24) is 14.9 Å². The summed E-state index contributed by atoms with van der Waals surface area (Å²) >= 11 is 0. The van der Waals surface area contributed by atoms with Crippen molar-refractivity contribution in [2.45, 2.75) is 37.9 Å². The molecule has 120 valence electrons. The maximum absolute atomic E-state index is 12.0. The summed E-state index contributed by atoms with van der Waals surface area (Å²) in [7, 11) is -3.39. The number of nitrogens with one attached hydrogen (secondary N) is 1. The largest absolute Gasteiger partial charge is 0.392 e. The Balaban J connectivity index is 2.29. The quantitative estimate of drug-likeness (QED) is 0.887. The molecule has 3 rings (SSSR count). The first-order valence-electron chi connectivity index (χ1n) is 7.40. The van der Waals surface area contributed by atoms with E-state index in [4.69, 9.17) is 0 Å². The zero-order valence-corrected chi connectivity index (χ0v) is 13.8. The van der Waals surface area contributed by atoms with Gasteiger partial charge in [0.05, 0.1) is 28.6 Å². The van der Waals surface area contributed by atoms with Crippen LogP contribution in [0.15, 0.2) is 17.0 Å². The number of rotatable bonds is 3. The van der Waals surface area contributed by atoms with Gasteiger partial charge < -0.3 is 15.0 Å². The van der Waals surface area contributed by atoms with E-state index in [-0.39, 0.29) is 17.5 Å². The van der Waals surface area contributed by atoms with Crippen molar-refractivity contribution in [2.24, 2.45) is 5.92 Å². The molecule has 0 amide bonds. The molecule has 1 atom stereocenters. The minimum absolute atomic E-state index is 0.153. The molecular weight excluding hydrogens is 302 g/mol. The van der Waals surface area contributed by atoms with E-state index in [9.17, 15) is 13.5 Å². The zero-order chi connectivity index (χ0) is 16.1. The monoisotopic (exact) mass is 323 g/mol. The van der Waals surface area contributed by atoms with Crippen LogP contribution in [-0.4, -0.2) is 35.9 Å². The first kappa shape index (κ1) is 15.5. The first-order chi connectivity index (χ1) is 10.3. The highest BCUT2D eigenvalue weighted by Gasteiger charge is 2.27. The SMILES string of the molecule is CC(C)C1NCCn2c1nc1cc(CO)c(S(C)(=O)=O)cc12. The molecule has 0 spiro atoms. The van der Waals surface area contributed by atoms with Gasteiger partial charge in [-0.3, -0.25) is 0 Å². The zero-order valence-electron chi connectivity index (χ0n) is 13.0. The number of benzene rings is 1. The van der Waals surface area contributed by atoms with Crippen LogP contribution in [-0.2, 0) is 23.0 Å². The Morgan fingerprint density at radius 2 is 2.18 bits per heavy atom. The van der Waals surface area contributed by atoms with Crippen LogP contribution in [0.3, 0.4) is 0 Å². The molecule has 1 aliphatic heterocycles. The topological polar surface area (TPSA) is 84.2 Å². The molecule has 0 radical (unpaired) electrons. The molecule has 1 unspecified atom stereocenters. The Hall–Kier alpha value is -1.44. The Bertz CT molecular complexity index is 824. The number of hydrogen-bond donors (Lipinski definition) is 2. The van der Waals surface area contributed by atoms with Crippen LogP contribution >= 0.6 is 0 Å². The number of imidazole rings is 1. The third kappa shape index (κ3) is 2.43. The second-order valence-corrected chi connectivity index (χ2v) is 8.16. The highest BCUT2D eigenvalue weighted by molar-refractivity contribution is 7.90. The summed E-state index contributed by atoms with van der Waals surface area (Å²) in [6.45, 7) is 5.54. The molecule has 0 fully saturated rings. The van der Waals surface area contributed by atoms with E-state index in [1.54, 1.807) is 12.1 Å². The van der Waals surface area contributed by atoms with Gasteiger partial charge in [-0.15, -0.1) is 0 Å². The normalized spacial score (nSPS) is 18.9. The van der Waals surface area contributed by atoms with Crippen molar-refractivity contribution in [1.29, 1.82) is 0 Å². The summed E-state index contributed by atoms with van der Waals surface area (Å²) in [5.41, 5.74) is 1.96. The van der Waals surface area contributed by atoms with Gasteiger partial charge in [-0.2, -0.15) is 0 Å². The lowest BCUT2D eigenvalue weighted by Gasteiger charge is -2.28. The van der Waals surface area contributed by atoms with E-state index < -0.39 is 9.84 Å². The molecule has 6 nitrogen and oxygen atoms in total. The number of aromatic nitrogens is 2. The molecule has 2 heterocycles. The minimum Gasteiger partial charge on any atom is -0.392 e. The van der Waals surface area contributed by atoms with Crippen molar-refractivity contribution < 1.29 is 13.5 Å². The predicted octanol–water partition coefficient (Wildman–Crippen LogP) is 1.23. The molecule has 7 heteroatoms. The molecule has 1 aromatic heterocycles. The second kappa shape index (κ2) is 5.33. The second-order valence-electron chi connectivity index (χ2n) is 6.18. The Morgan fingerprint density at radius 3 is 2.77 bits per heavy atom. The number of nitrogens with zero attached hydrogens (tertiary/aromatic N) is 2. The molecule has 22 heavy (non-hydrogen) atoms. The van der Waals surface area contributed by atoms with E-state index in [0.29, 0.717) is 11.5 Å². The standard InChI is InChI=1S/C15H21N3O3S/c1-9(2)14-15-17-11-6-10(8-19)13(22(3,20)21)7-12(11)18(15)5-4-16-14/h6-7,9,14,16,19H,4-5,8H2,1-3H3. The summed E-state index contributed by atoms with van der Waals surface area (Å²) in [6, 6.07) is 3.49. The van der Waals surface area contributed by atoms with Crippen LogP contribution in [0.5, 0.6) is 0 Å². The highest BCUT2D eigenvalue weighted by atomic mass is 32.2. The third-order valence-corrected chi connectivity index (χ3v) is 5.35. The average Bonchev–Trinajstić information content (AvgIpc) is 2.82. The molecule has 1 aliphatic rings. The van der Waals surface area contributed by atoms with E-state index in [1.165, 1.54) is 6.26 Å². The lowest BCUT2D eigenvalue weighted by Crippen LogP contribution is -2.36. The van der Waals surface area contributed by atoms with Crippen molar-refractivity contribution >= 4 is 20.9 Å². The van der Waals surface area contributed by atoms with Gasteiger partial charge in [0.1, 0.15) is 5.82 Å². The minimum atomic E-state index is -3.39. The number of aliphatic hydroxyl groups excluding tert-OH is 1. The lowest BCUT2D eigenvalue weighted by atomic mass is 10.0. The van der Waals surface area contributed by atoms with E-state index in [2.05, 4.69) is 28.7 Å². The highest BCUT2D eigenvalue weighted by Crippen LogP contribution is 2.31. The van der Waals surface area contributed by atoms with Crippen molar-refractivity contribution in [3.8, 4) is 0 Å². The van der Waals surface area contributed by atoms with Gasteiger partial charge >= 0.3 is 0 Å². The van der Waals surface area contributed by atoms with Crippen molar-refractivity contribution in [3.63, 3.8) is 0 Å². The maximum Gasteiger partial charge on any atom is 0.175 e. The van der Waals surface area contributed by atoms with Crippen molar-refractivity contribution in [2.75, 3.05) is 12.8 Å². The molecule has 1 aromatic carbocycles.